The Morgan fingerprint density at radius 3 is 2.83 bits per heavy atom. The van der Waals surface area contributed by atoms with Crippen LogP contribution in [0, 0.1) is 0 Å². The third-order valence-electron chi connectivity index (χ3n) is 4.91. The second-order valence-electron chi connectivity index (χ2n) is 6.82. The number of rotatable bonds is 5. The summed E-state index contributed by atoms with van der Waals surface area (Å²) in [6.07, 6.45) is 1.20. The average molecular weight is 352 g/mol. The molecule has 0 aliphatic carbocycles. The number of likely N-dealkylation sites (N-methyl/N-ethyl adjacent to an activating group) is 2. The zero-order valence-electron chi connectivity index (χ0n) is 14.5. The van der Waals surface area contributed by atoms with E-state index in [0.29, 0.717) is 11.4 Å². The lowest BCUT2D eigenvalue weighted by atomic mass is 10.1. The van der Waals surface area contributed by atoms with E-state index in [1.165, 1.54) is 0 Å². The maximum atomic E-state index is 12.6. The summed E-state index contributed by atoms with van der Waals surface area (Å²) in [5.41, 5.74) is 1.02. The molecular weight excluding hydrogens is 326 g/mol. The zero-order chi connectivity index (χ0) is 17.1. The second-order valence-corrected chi connectivity index (χ2v) is 7.26. The number of carbonyl (C=O) groups is 1. The molecule has 132 valence electrons. The Labute approximate surface area is 149 Å². The van der Waals surface area contributed by atoms with Crippen molar-refractivity contribution in [1.29, 1.82) is 0 Å². The van der Waals surface area contributed by atoms with Gasteiger partial charge in [-0.1, -0.05) is 11.6 Å². The molecule has 1 atom stereocenters. The number of piperazine rings is 1. The Morgan fingerprint density at radius 2 is 2.08 bits per heavy atom. The van der Waals surface area contributed by atoms with Crippen LogP contribution < -0.4 is 4.74 Å². The molecular formula is C18H26ClN3O2. The minimum atomic E-state index is -0.410. The van der Waals surface area contributed by atoms with Gasteiger partial charge in [0.15, 0.2) is 6.10 Å². The Bertz CT molecular complexity index is 588. The molecule has 24 heavy (non-hydrogen) atoms. The molecule has 1 amide bonds. The molecule has 1 aromatic rings. The van der Waals surface area contributed by atoms with Crippen LogP contribution in [0.1, 0.15) is 12.0 Å². The van der Waals surface area contributed by atoms with E-state index in [-0.39, 0.29) is 5.91 Å². The van der Waals surface area contributed by atoms with Crippen LogP contribution in [0.5, 0.6) is 5.75 Å². The van der Waals surface area contributed by atoms with Gasteiger partial charge in [-0.2, -0.15) is 0 Å². The van der Waals surface area contributed by atoms with Crippen molar-refractivity contribution in [2.24, 2.45) is 0 Å². The second kappa shape index (κ2) is 7.72. The first-order chi connectivity index (χ1) is 11.5. The summed E-state index contributed by atoms with van der Waals surface area (Å²) in [5.74, 6) is 0.837. The van der Waals surface area contributed by atoms with Crippen LogP contribution >= 0.6 is 11.6 Å². The molecule has 0 radical (unpaired) electrons. The quantitative estimate of drug-likeness (QED) is 0.809. The fraction of sp³-hybridized carbons (Fsp3) is 0.611. The van der Waals surface area contributed by atoms with Gasteiger partial charge in [-0.3, -0.25) is 4.79 Å². The van der Waals surface area contributed by atoms with Gasteiger partial charge >= 0.3 is 0 Å². The molecule has 1 fully saturated rings. The maximum absolute atomic E-state index is 12.6. The highest BCUT2D eigenvalue weighted by molar-refractivity contribution is 6.30. The minimum absolute atomic E-state index is 0.0562. The van der Waals surface area contributed by atoms with Gasteiger partial charge in [0.2, 0.25) is 0 Å². The van der Waals surface area contributed by atoms with Gasteiger partial charge in [0.25, 0.3) is 5.91 Å². The zero-order valence-corrected chi connectivity index (χ0v) is 15.3. The number of hydrogen-bond acceptors (Lipinski definition) is 4. The van der Waals surface area contributed by atoms with Crippen LogP contribution in [-0.2, 0) is 11.2 Å². The summed E-state index contributed by atoms with van der Waals surface area (Å²) in [4.78, 5) is 19.2. The van der Waals surface area contributed by atoms with Crippen LogP contribution in [0.3, 0.4) is 0 Å². The van der Waals surface area contributed by atoms with E-state index in [1.54, 1.807) is 11.0 Å². The first kappa shape index (κ1) is 17.5. The van der Waals surface area contributed by atoms with E-state index in [1.807, 2.05) is 19.2 Å². The maximum Gasteiger partial charge on any atom is 0.263 e. The smallest absolute Gasteiger partial charge is 0.263 e. The molecule has 5 nitrogen and oxygen atoms in total. The number of nitrogens with zero attached hydrogens (tertiary/aromatic N) is 3. The molecule has 0 bridgehead atoms. The Kier molecular flexibility index (Phi) is 5.64. The van der Waals surface area contributed by atoms with Crippen molar-refractivity contribution in [1.82, 2.24) is 14.7 Å². The van der Waals surface area contributed by atoms with Crippen LogP contribution in [0.4, 0.5) is 0 Å². The minimum Gasteiger partial charge on any atom is -0.480 e. The van der Waals surface area contributed by atoms with Crippen LogP contribution in [-0.4, -0.2) is 80.1 Å². The van der Waals surface area contributed by atoms with Crippen molar-refractivity contribution in [3.8, 4) is 5.75 Å². The Hall–Kier alpha value is -1.30. The molecule has 0 aromatic heterocycles. The molecule has 2 heterocycles. The van der Waals surface area contributed by atoms with Crippen molar-refractivity contribution in [2.75, 3.05) is 53.4 Å². The van der Waals surface area contributed by atoms with E-state index in [4.69, 9.17) is 16.3 Å². The SMILES string of the molecule is CN1CCN(CCCN(C)C(=O)[C@@H]2Cc3cc(Cl)ccc3O2)CC1. The number of benzene rings is 1. The largest absolute Gasteiger partial charge is 0.480 e. The summed E-state index contributed by atoms with van der Waals surface area (Å²) in [5, 5.41) is 0.686. The highest BCUT2D eigenvalue weighted by Gasteiger charge is 2.31. The average Bonchev–Trinajstić information content (AvgIpc) is 2.98. The van der Waals surface area contributed by atoms with E-state index in [9.17, 15) is 4.79 Å². The van der Waals surface area contributed by atoms with Crippen LogP contribution in [0.2, 0.25) is 5.02 Å². The number of hydrogen-bond donors (Lipinski definition) is 0. The highest BCUT2D eigenvalue weighted by atomic mass is 35.5. The van der Waals surface area contributed by atoms with Crippen molar-refractivity contribution in [2.45, 2.75) is 18.9 Å². The Balaban J connectivity index is 1.42. The number of carbonyl (C=O) groups excluding carboxylic acids is 1. The molecule has 0 saturated carbocycles. The van der Waals surface area contributed by atoms with Crippen molar-refractivity contribution >= 4 is 17.5 Å². The molecule has 1 saturated heterocycles. The lowest BCUT2D eigenvalue weighted by Crippen LogP contribution is -2.45. The molecule has 0 spiro atoms. The molecule has 1 aromatic carbocycles. The molecule has 2 aliphatic rings. The molecule has 0 unspecified atom stereocenters. The van der Waals surface area contributed by atoms with E-state index < -0.39 is 6.10 Å². The summed E-state index contributed by atoms with van der Waals surface area (Å²) in [6, 6.07) is 5.53. The van der Waals surface area contributed by atoms with Crippen molar-refractivity contribution in [3.63, 3.8) is 0 Å². The third kappa shape index (κ3) is 4.21. The summed E-state index contributed by atoms with van der Waals surface area (Å²) in [6.45, 7) is 6.32. The number of halogens is 1. The van der Waals surface area contributed by atoms with Gasteiger partial charge in [0.1, 0.15) is 5.75 Å². The van der Waals surface area contributed by atoms with E-state index >= 15 is 0 Å². The normalized spacial score (nSPS) is 21.4. The number of fused-ring (bicyclic) bond motifs is 1. The van der Waals surface area contributed by atoms with E-state index in [0.717, 1.165) is 57.0 Å². The summed E-state index contributed by atoms with van der Waals surface area (Å²) < 4.78 is 5.79. The standard InChI is InChI=1S/C18H26ClN3O2/c1-20-8-10-22(11-9-20)7-3-6-21(2)18(23)17-13-14-12-15(19)4-5-16(14)24-17/h4-5,12,17H,3,6-11,13H2,1-2H3/t17-/m0/s1. The van der Waals surface area contributed by atoms with Gasteiger partial charge in [-0.15, -0.1) is 0 Å². The fourth-order valence-corrected chi connectivity index (χ4v) is 3.51. The van der Waals surface area contributed by atoms with Crippen LogP contribution in [0.15, 0.2) is 18.2 Å². The lowest BCUT2D eigenvalue weighted by Gasteiger charge is -2.32. The molecule has 2 aliphatic heterocycles. The topological polar surface area (TPSA) is 36.0 Å². The first-order valence-corrected chi connectivity index (χ1v) is 9.01. The van der Waals surface area contributed by atoms with Gasteiger partial charge in [-0.25, -0.2) is 0 Å². The van der Waals surface area contributed by atoms with Crippen LogP contribution in [0.25, 0.3) is 0 Å². The lowest BCUT2D eigenvalue weighted by molar-refractivity contribution is -0.136. The number of amides is 1. The van der Waals surface area contributed by atoms with Crippen molar-refractivity contribution < 1.29 is 9.53 Å². The molecule has 6 heteroatoms. The van der Waals surface area contributed by atoms with Gasteiger partial charge < -0.3 is 19.4 Å². The van der Waals surface area contributed by atoms with Crippen molar-refractivity contribution in [3.05, 3.63) is 28.8 Å². The third-order valence-corrected chi connectivity index (χ3v) is 5.15. The van der Waals surface area contributed by atoms with Gasteiger partial charge in [0.05, 0.1) is 0 Å². The molecule has 0 N–H and O–H groups in total. The fourth-order valence-electron chi connectivity index (χ4n) is 3.31. The summed E-state index contributed by atoms with van der Waals surface area (Å²) in [7, 11) is 4.03. The Morgan fingerprint density at radius 1 is 1.33 bits per heavy atom. The monoisotopic (exact) mass is 351 g/mol. The molecule has 3 rings (SSSR count). The first-order valence-electron chi connectivity index (χ1n) is 8.64. The summed E-state index contributed by atoms with van der Waals surface area (Å²) >= 11 is 6.01. The highest BCUT2D eigenvalue weighted by Crippen LogP contribution is 2.31. The number of ether oxygens (including phenoxy) is 1. The van der Waals surface area contributed by atoms with Gasteiger partial charge in [-0.05, 0) is 43.8 Å². The van der Waals surface area contributed by atoms with E-state index in [2.05, 4.69) is 16.8 Å². The van der Waals surface area contributed by atoms with Gasteiger partial charge in [0, 0.05) is 51.2 Å². The predicted molar refractivity (Wildman–Crippen MR) is 95.8 cm³/mol. The predicted octanol–water partition coefficient (Wildman–Crippen LogP) is 1.74.